The fourth-order valence-electron chi connectivity index (χ4n) is 17.1. The van der Waals surface area contributed by atoms with E-state index in [0.717, 1.165) is 69.3 Å². The average Bonchev–Trinajstić information content (AvgIpc) is 3.51. The highest BCUT2D eigenvalue weighted by Crippen LogP contribution is 2.75. The van der Waals surface area contributed by atoms with Crippen LogP contribution in [0.15, 0.2) is 41.7 Å². The van der Waals surface area contributed by atoms with Gasteiger partial charge < -0.3 is 29.2 Å². The Hall–Kier alpha value is -3.04. The monoisotopic (exact) mass is 887 g/mol. The number of carbonyl (C=O) groups is 2. The molecule has 352 valence electrons. The molecule has 2 saturated heterocycles. The first-order chi connectivity index (χ1) is 30.8. The van der Waals surface area contributed by atoms with Crippen molar-refractivity contribution in [3.05, 3.63) is 69.6 Å². The minimum Gasteiger partial charge on any atom is -0.392 e. The molecule has 10 unspecified atom stereocenters. The number of aromatic nitrogens is 2. The molecule has 0 radical (unpaired) electrons. The molecule has 3 aliphatic heterocycles. The van der Waals surface area contributed by atoms with Crippen molar-refractivity contribution in [1.29, 1.82) is 0 Å². The van der Waals surface area contributed by atoms with E-state index in [1.54, 1.807) is 0 Å². The number of hydrogen-bond acceptors (Lipinski definition) is 6. The number of Topliss-reactive ketones (excluding diaryl/α,β-unsaturated/α-hetero) is 2. The minimum absolute atomic E-state index is 0.0881. The molecule has 65 heavy (non-hydrogen) atoms. The molecule has 2 aromatic heterocycles. The van der Waals surface area contributed by atoms with Crippen LogP contribution in [-0.4, -0.2) is 68.5 Å². The lowest BCUT2D eigenvalue weighted by Gasteiger charge is -2.70. The maximum absolute atomic E-state index is 15.3. The van der Waals surface area contributed by atoms with E-state index in [2.05, 4.69) is 81.7 Å². The predicted octanol–water partition coefficient (Wildman–Crippen LogP) is 11.1. The summed E-state index contributed by atoms with van der Waals surface area (Å²) in [6.07, 6.45) is 17.8. The van der Waals surface area contributed by atoms with Crippen molar-refractivity contribution in [2.75, 3.05) is 13.2 Å². The summed E-state index contributed by atoms with van der Waals surface area (Å²) >= 11 is 0. The number of nitrogens with one attached hydrogen (secondary N) is 1. The quantitative estimate of drug-likeness (QED) is 0.204. The molecule has 3 aromatic rings. The first-order valence-corrected chi connectivity index (χ1v) is 26.0. The molecular formula is C57H78N2O6. The summed E-state index contributed by atoms with van der Waals surface area (Å²) in [5.74, 6) is 1.46. The highest BCUT2D eigenvalue weighted by Gasteiger charge is 2.72. The van der Waals surface area contributed by atoms with Crippen LogP contribution in [0.4, 0.5) is 0 Å². The molecule has 0 bridgehead atoms. The number of nitrogens with zero attached hydrogens (tertiary/aromatic N) is 1. The zero-order valence-corrected chi connectivity index (χ0v) is 40.9. The zero-order valence-electron chi connectivity index (χ0n) is 40.9. The van der Waals surface area contributed by atoms with Gasteiger partial charge in [0.25, 0.3) is 0 Å². The van der Waals surface area contributed by atoms with E-state index >= 15 is 4.79 Å². The Morgan fingerprint density at radius 1 is 0.862 bits per heavy atom. The Morgan fingerprint density at radius 3 is 2.25 bits per heavy atom. The van der Waals surface area contributed by atoms with Crippen LogP contribution in [0.3, 0.4) is 0 Å². The van der Waals surface area contributed by atoms with Crippen LogP contribution in [0.1, 0.15) is 185 Å². The van der Waals surface area contributed by atoms with Crippen molar-refractivity contribution in [3.8, 4) is 0 Å². The largest absolute Gasteiger partial charge is 0.392 e. The third-order valence-corrected chi connectivity index (χ3v) is 20.7. The van der Waals surface area contributed by atoms with E-state index in [1.165, 1.54) is 71.0 Å². The Morgan fingerprint density at radius 2 is 1.55 bits per heavy atom. The van der Waals surface area contributed by atoms with Crippen molar-refractivity contribution in [2.24, 2.45) is 44.8 Å². The predicted molar refractivity (Wildman–Crippen MR) is 255 cm³/mol. The molecule has 3 N–H and O–H groups in total. The number of aliphatic hydroxyl groups is 2. The van der Waals surface area contributed by atoms with E-state index < -0.39 is 34.1 Å². The molecule has 11 rings (SSSR count). The van der Waals surface area contributed by atoms with Gasteiger partial charge in [-0.2, -0.15) is 0 Å². The number of carbonyl (C=O) groups excluding carboxylic acids is 2. The number of ether oxygens (including phenoxy) is 2. The number of fused-ring (bicyclic) bond motifs is 4. The van der Waals surface area contributed by atoms with Crippen LogP contribution >= 0.6 is 0 Å². The smallest absolute Gasteiger partial charge is 0.160 e. The van der Waals surface area contributed by atoms with Crippen molar-refractivity contribution in [1.82, 2.24) is 9.55 Å². The van der Waals surface area contributed by atoms with Gasteiger partial charge in [0, 0.05) is 73.7 Å². The molecule has 10 atom stereocenters. The summed E-state index contributed by atoms with van der Waals surface area (Å²) in [6.45, 7) is 20.1. The highest BCUT2D eigenvalue weighted by atomic mass is 16.6. The standard InChI is InChI=1S/C57H78N2O6/c1-52(2)43-15-21-56(7)50(55(43,6)20-16-44(52)62)49(63)40-32-59-31-39(26-33-24-37(34-12-10-9-11-13-34)27-38(25-33)35-17-22-64-23-18-35)47-48(59)36(30-58-47)14-19-54(5,28-42(61)51-53(3,4)65-51)46-41(60)29-57(56,8)45(40)46/h24-25,27,30-31,34-35,40,42-43,49-51,58,61,63H,9-23,26,28-29,32H2,1-8H3. The number of aliphatic hydroxyl groups excluding tert-OH is 2. The minimum atomic E-state index is -0.713. The van der Waals surface area contributed by atoms with Crippen LogP contribution in [0, 0.1) is 44.8 Å². The van der Waals surface area contributed by atoms with Gasteiger partial charge in [-0.1, -0.05) is 79.0 Å². The van der Waals surface area contributed by atoms with Crippen molar-refractivity contribution in [3.63, 3.8) is 0 Å². The third-order valence-electron chi connectivity index (χ3n) is 20.7. The second-order valence-corrected chi connectivity index (χ2v) is 25.2. The first kappa shape index (κ1) is 44.5. The Kier molecular flexibility index (Phi) is 10.4. The molecule has 8 heteroatoms. The Balaban J connectivity index is 1.05. The molecule has 0 amide bonds. The fraction of sp³-hybridized carbons (Fsp3) is 0.719. The maximum atomic E-state index is 15.3. The van der Waals surface area contributed by atoms with E-state index in [1.807, 2.05) is 13.8 Å². The molecule has 1 aromatic carbocycles. The topological polar surface area (TPSA) is 117 Å². The summed E-state index contributed by atoms with van der Waals surface area (Å²) in [5.41, 5.74) is 8.74. The molecule has 8 aliphatic rings. The van der Waals surface area contributed by atoms with Gasteiger partial charge >= 0.3 is 0 Å². The number of ketones is 2. The number of aryl methyl sites for hydroxylation is 1. The van der Waals surface area contributed by atoms with Crippen LogP contribution in [0.2, 0.25) is 0 Å². The number of aromatic amines is 1. The Bertz CT molecular complexity index is 2410. The molecule has 5 heterocycles. The van der Waals surface area contributed by atoms with Gasteiger partial charge in [-0.3, -0.25) is 9.59 Å². The van der Waals surface area contributed by atoms with E-state index in [9.17, 15) is 15.0 Å². The number of H-pyrrole nitrogens is 1. The van der Waals surface area contributed by atoms with Gasteiger partial charge in [0.2, 0.25) is 0 Å². The lowest BCUT2D eigenvalue weighted by atomic mass is 9.34. The first-order valence-electron chi connectivity index (χ1n) is 26.0. The van der Waals surface area contributed by atoms with Gasteiger partial charge in [-0.05, 0) is 151 Å². The summed E-state index contributed by atoms with van der Waals surface area (Å²) in [5, 5.41) is 25.6. The molecule has 8 nitrogen and oxygen atoms in total. The maximum Gasteiger partial charge on any atom is 0.160 e. The SMILES string of the molecule is CC1(CC(O)C2OC2(C)C)CCc2c[nH]c3c(Cc4cc(C5CCCCC5)cc(C5CCOCC5)c4)cn(c23)CC2C3=C1C(=O)CC3(C)C1(C)CCC3C(C)(C)C(=O)CCC3(C)C1C2O. The summed E-state index contributed by atoms with van der Waals surface area (Å²) in [7, 11) is 0. The van der Waals surface area contributed by atoms with Crippen molar-refractivity contribution in [2.45, 2.75) is 200 Å². The van der Waals surface area contributed by atoms with Crippen LogP contribution in [0.5, 0.6) is 0 Å². The summed E-state index contributed by atoms with van der Waals surface area (Å²) < 4.78 is 14.4. The lowest BCUT2D eigenvalue weighted by molar-refractivity contribution is -0.220. The van der Waals surface area contributed by atoms with Crippen LogP contribution in [0.25, 0.3) is 11.0 Å². The summed E-state index contributed by atoms with van der Waals surface area (Å²) in [6, 6.07) is 7.57. The van der Waals surface area contributed by atoms with E-state index in [0.29, 0.717) is 49.8 Å². The number of epoxide rings is 1. The molecule has 0 spiro atoms. The van der Waals surface area contributed by atoms with Crippen molar-refractivity contribution >= 4 is 22.6 Å². The van der Waals surface area contributed by atoms with Gasteiger partial charge in [0.05, 0.1) is 28.8 Å². The summed E-state index contributed by atoms with van der Waals surface area (Å²) in [4.78, 5) is 32.8. The number of benzene rings is 1. The number of rotatable bonds is 7. The van der Waals surface area contributed by atoms with Gasteiger partial charge in [-0.25, -0.2) is 0 Å². The second kappa shape index (κ2) is 15.2. The molecule has 6 fully saturated rings. The van der Waals surface area contributed by atoms with Gasteiger partial charge in [0.1, 0.15) is 11.9 Å². The van der Waals surface area contributed by atoms with Crippen molar-refractivity contribution < 1.29 is 29.3 Å². The average molecular weight is 887 g/mol. The third kappa shape index (κ3) is 6.69. The zero-order chi connectivity index (χ0) is 45.6. The van der Waals surface area contributed by atoms with Crippen LogP contribution in [-0.2, 0) is 38.4 Å². The van der Waals surface area contributed by atoms with E-state index in [4.69, 9.17) is 9.47 Å². The van der Waals surface area contributed by atoms with Crippen LogP contribution < -0.4 is 0 Å². The lowest BCUT2D eigenvalue weighted by Crippen LogP contribution is -2.67. The fourth-order valence-corrected chi connectivity index (χ4v) is 17.1. The molecule has 4 saturated carbocycles. The highest BCUT2D eigenvalue weighted by molar-refractivity contribution is 6.02. The Labute approximate surface area is 388 Å². The number of allylic oxidation sites excluding steroid dienone is 1. The van der Waals surface area contributed by atoms with E-state index in [-0.39, 0.29) is 40.5 Å². The normalized spacial score (nSPS) is 38.6. The molecular weight excluding hydrogens is 809 g/mol. The number of hydrogen-bond donors (Lipinski definition) is 3. The van der Waals surface area contributed by atoms with Gasteiger partial charge in [0.15, 0.2) is 5.78 Å². The molecule has 5 aliphatic carbocycles. The van der Waals surface area contributed by atoms with Gasteiger partial charge in [-0.15, -0.1) is 0 Å². The second-order valence-electron chi connectivity index (χ2n) is 25.2.